The van der Waals surface area contributed by atoms with E-state index in [0.29, 0.717) is 41.3 Å². The molecular weight excluding hydrogens is 503 g/mol. The van der Waals surface area contributed by atoms with Gasteiger partial charge in [0.1, 0.15) is 11.4 Å². The molecule has 0 N–H and O–H groups in total. The summed E-state index contributed by atoms with van der Waals surface area (Å²) in [4.78, 5) is 27.9. The molecule has 0 saturated carbocycles. The Morgan fingerprint density at radius 3 is 2.63 bits per heavy atom. The molecule has 1 aromatic heterocycles. The first-order valence-corrected chi connectivity index (χ1v) is 13.7. The third-order valence-electron chi connectivity index (χ3n) is 6.70. The molecule has 0 fully saturated rings. The molecule has 1 aliphatic heterocycles. The molecular formula is C30H31FN2O4S. The number of benzene rings is 3. The van der Waals surface area contributed by atoms with E-state index in [1.165, 1.54) is 22.4 Å². The van der Waals surface area contributed by atoms with Gasteiger partial charge in [0.05, 0.1) is 11.6 Å². The quantitative estimate of drug-likeness (QED) is 0.260. The van der Waals surface area contributed by atoms with Gasteiger partial charge in [0.25, 0.3) is 0 Å². The van der Waals surface area contributed by atoms with E-state index in [1.54, 1.807) is 11.0 Å². The molecule has 4 aromatic rings. The van der Waals surface area contributed by atoms with E-state index in [9.17, 15) is 9.59 Å². The number of aromatic nitrogens is 1. The van der Waals surface area contributed by atoms with Gasteiger partial charge in [0.2, 0.25) is 0 Å². The second kappa shape index (κ2) is 10.3. The summed E-state index contributed by atoms with van der Waals surface area (Å²) in [6, 6.07) is 18.3. The van der Waals surface area contributed by atoms with Crippen molar-refractivity contribution in [3.05, 3.63) is 99.3 Å². The number of ether oxygens (including phenoxy) is 1. The van der Waals surface area contributed by atoms with Crippen LogP contribution in [0.2, 0.25) is 0 Å². The van der Waals surface area contributed by atoms with Crippen molar-refractivity contribution in [3.63, 3.8) is 0 Å². The minimum atomic E-state index is -0.588. The zero-order valence-electron chi connectivity index (χ0n) is 22.0. The molecule has 198 valence electrons. The number of nitrogens with zero attached hydrogens (tertiary/aromatic N) is 2. The van der Waals surface area contributed by atoms with Crippen molar-refractivity contribution in [2.24, 2.45) is 0 Å². The second-order valence-corrected chi connectivity index (χ2v) is 11.6. The van der Waals surface area contributed by atoms with Crippen molar-refractivity contribution in [2.45, 2.75) is 63.0 Å². The molecule has 38 heavy (non-hydrogen) atoms. The number of amides is 1. The molecule has 0 spiro atoms. The Hall–Kier alpha value is -3.52. The van der Waals surface area contributed by atoms with E-state index in [2.05, 4.69) is 0 Å². The van der Waals surface area contributed by atoms with Crippen molar-refractivity contribution in [1.82, 2.24) is 9.47 Å². The minimum absolute atomic E-state index is 0.346. The van der Waals surface area contributed by atoms with Crippen molar-refractivity contribution in [1.29, 1.82) is 0 Å². The fourth-order valence-electron chi connectivity index (χ4n) is 4.87. The van der Waals surface area contributed by atoms with Crippen LogP contribution < -0.4 is 5.76 Å². The highest BCUT2D eigenvalue weighted by Crippen LogP contribution is 2.33. The molecule has 1 amide bonds. The van der Waals surface area contributed by atoms with E-state index in [4.69, 9.17) is 9.15 Å². The Labute approximate surface area is 225 Å². The number of halogens is 1. The molecule has 1 aliphatic rings. The van der Waals surface area contributed by atoms with Crippen LogP contribution in [0.15, 0.2) is 74.8 Å². The van der Waals surface area contributed by atoms with Gasteiger partial charge in [-0.05, 0) is 62.4 Å². The largest absolute Gasteiger partial charge is 0.444 e. The van der Waals surface area contributed by atoms with Gasteiger partial charge in [-0.25, -0.2) is 14.0 Å². The Balaban J connectivity index is 1.45. The Morgan fingerprint density at radius 1 is 1.13 bits per heavy atom. The molecule has 6 nitrogen and oxygen atoms in total. The molecule has 0 aliphatic carbocycles. The molecule has 0 bridgehead atoms. The first-order chi connectivity index (χ1) is 18.1. The summed E-state index contributed by atoms with van der Waals surface area (Å²) < 4.78 is 27.9. The van der Waals surface area contributed by atoms with E-state index >= 15 is 4.39 Å². The van der Waals surface area contributed by atoms with Crippen LogP contribution in [0.5, 0.6) is 0 Å². The zero-order valence-corrected chi connectivity index (χ0v) is 22.8. The van der Waals surface area contributed by atoms with Crippen LogP contribution in [-0.4, -0.2) is 27.7 Å². The average Bonchev–Trinajstić information content (AvgIpc) is 3.20. The highest BCUT2D eigenvalue weighted by atomic mass is 32.2. The van der Waals surface area contributed by atoms with Crippen LogP contribution in [0.3, 0.4) is 0 Å². The smallest absolute Gasteiger partial charge is 0.420 e. The average molecular weight is 535 g/mol. The van der Waals surface area contributed by atoms with Gasteiger partial charge in [-0.1, -0.05) is 48.5 Å². The Morgan fingerprint density at radius 2 is 1.89 bits per heavy atom. The lowest BCUT2D eigenvalue weighted by Crippen LogP contribution is -2.40. The van der Waals surface area contributed by atoms with Crippen molar-refractivity contribution in [3.8, 4) is 0 Å². The standard InChI is InChI=1S/C30H31FN2O4S/c1-19(22-12-8-11-21-13-14-32(17-23(21)22)28(34)37-30(2,3)4)33-25-15-24(31)27(16-26(25)36-29(33)35)38-18-20-9-6-5-7-10-20/h5-12,15-16,19H,13-14,17-18H2,1-4H3/t19-/m1/s1. The molecule has 0 radical (unpaired) electrons. The predicted molar refractivity (Wildman–Crippen MR) is 147 cm³/mol. The lowest BCUT2D eigenvalue weighted by molar-refractivity contribution is 0.0223. The number of hydrogen-bond donors (Lipinski definition) is 0. The first kappa shape index (κ1) is 26.1. The number of carbonyl (C=O) groups is 1. The normalized spacial score (nSPS) is 14.4. The van der Waals surface area contributed by atoms with Gasteiger partial charge >= 0.3 is 11.8 Å². The van der Waals surface area contributed by atoms with Crippen LogP contribution in [0.25, 0.3) is 11.1 Å². The van der Waals surface area contributed by atoms with Gasteiger partial charge < -0.3 is 14.1 Å². The van der Waals surface area contributed by atoms with E-state index in [-0.39, 0.29) is 6.09 Å². The van der Waals surface area contributed by atoms with Crippen LogP contribution in [0, 0.1) is 5.82 Å². The summed E-state index contributed by atoms with van der Waals surface area (Å²) in [6.07, 6.45) is 0.325. The van der Waals surface area contributed by atoms with Crippen LogP contribution >= 0.6 is 11.8 Å². The summed E-state index contributed by atoms with van der Waals surface area (Å²) in [5.74, 6) is -0.338. The number of oxazole rings is 1. The highest BCUT2D eigenvalue weighted by molar-refractivity contribution is 7.98. The minimum Gasteiger partial charge on any atom is -0.444 e. The van der Waals surface area contributed by atoms with Gasteiger partial charge in [-0.15, -0.1) is 11.8 Å². The van der Waals surface area contributed by atoms with Crippen molar-refractivity contribution in [2.75, 3.05) is 6.54 Å². The lowest BCUT2D eigenvalue weighted by atomic mass is 9.91. The number of hydrogen-bond acceptors (Lipinski definition) is 5. The highest BCUT2D eigenvalue weighted by Gasteiger charge is 2.29. The monoisotopic (exact) mass is 534 g/mol. The van der Waals surface area contributed by atoms with Crippen molar-refractivity contribution >= 4 is 29.0 Å². The summed E-state index contributed by atoms with van der Waals surface area (Å²) in [7, 11) is 0. The van der Waals surface area contributed by atoms with E-state index in [1.807, 2.05) is 76.2 Å². The van der Waals surface area contributed by atoms with Crippen LogP contribution in [0.1, 0.15) is 56.0 Å². The SMILES string of the molecule is C[C@H](c1cccc2c1CN(C(=O)OC(C)(C)C)CC2)n1c(=O)oc2cc(SCc3ccccc3)c(F)cc21. The number of rotatable bonds is 5. The van der Waals surface area contributed by atoms with Crippen molar-refractivity contribution < 1.29 is 18.3 Å². The maximum absolute atomic E-state index is 15.2. The Kier molecular flexibility index (Phi) is 7.09. The topological polar surface area (TPSA) is 64.7 Å². The maximum atomic E-state index is 15.2. The molecule has 0 saturated heterocycles. The fraction of sp³-hybridized carbons (Fsp3) is 0.333. The van der Waals surface area contributed by atoms with Gasteiger partial charge in [-0.3, -0.25) is 4.57 Å². The lowest BCUT2D eigenvalue weighted by Gasteiger charge is -2.33. The fourth-order valence-corrected chi connectivity index (χ4v) is 5.77. The number of thioether (sulfide) groups is 1. The van der Waals surface area contributed by atoms with E-state index in [0.717, 1.165) is 22.3 Å². The van der Waals surface area contributed by atoms with Gasteiger partial charge in [0, 0.05) is 29.8 Å². The number of carbonyl (C=O) groups excluding carboxylic acids is 1. The van der Waals surface area contributed by atoms with Crippen LogP contribution in [0.4, 0.5) is 9.18 Å². The summed E-state index contributed by atoms with van der Waals surface area (Å²) in [6.45, 7) is 8.37. The molecule has 8 heteroatoms. The summed E-state index contributed by atoms with van der Waals surface area (Å²) in [5.41, 5.74) is 4.24. The molecule has 0 unspecified atom stereocenters. The van der Waals surface area contributed by atoms with Crippen LogP contribution in [-0.2, 0) is 23.5 Å². The summed E-state index contributed by atoms with van der Waals surface area (Å²) in [5, 5.41) is 0. The Bertz CT molecular complexity index is 1540. The predicted octanol–water partition coefficient (Wildman–Crippen LogP) is 6.93. The first-order valence-electron chi connectivity index (χ1n) is 12.7. The number of fused-ring (bicyclic) bond motifs is 2. The van der Waals surface area contributed by atoms with Gasteiger partial charge in [-0.2, -0.15) is 0 Å². The zero-order chi connectivity index (χ0) is 27.0. The third kappa shape index (κ3) is 5.36. The maximum Gasteiger partial charge on any atom is 0.420 e. The second-order valence-electron chi connectivity index (χ2n) is 10.6. The third-order valence-corrected chi connectivity index (χ3v) is 7.80. The van der Waals surface area contributed by atoms with Gasteiger partial charge in [0.15, 0.2) is 5.58 Å². The molecule has 2 heterocycles. The summed E-state index contributed by atoms with van der Waals surface area (Å²) >= 11 is 1.36. The molecule has 3 aromatic carbocycles. The molecule has 5 rings (SSSR count). The molecule has 1 atom stereocenters. The van der Waals surface area contributed by atoms with E-state index < -0.39 is 23.2 Å².